The minimum Gasteiger partial charge on any atom is -0.492 e. The molecule has 3 aliphatic rings. The van der Waals surface area contributed by atoms with Crippen LogP contribution in [0.5, 0.6) is 23.0 Å². The van der Waals surface area contributed by atoms with Crippen LogP contribution in [0.25, 0.3) is 11.1 Å². The van der Waals surface area contributed by atoms with Gasteiger partial charge in [-0.25, -0.2) is 0 Å². The van der Waals surface area contributed by atoms with Gasteiger partial charge < -0.3 is 18.9 Å². The topological polar surface area (TPSA) is 40.2 Å². The summed E-state index contributed by atoms with van der Waals surface area (Å²) in [7, 11) is 3.94. The number of hydrogen-bond acceptors (Lipinski definition) is 5. The summed E-state index contributed by atoms with van der Waals surface area (Å²) >= 11 is 0. The second-order valence-electron chi connectivity index (χ2n) is 8.44. The number of ether oxygens (including phenoxy) is 4. The summed E-state index contributed by atoms with van der Waals surface area (Å²) < 4.78 is 23.7. The van der Waals surface area contributed by atoms with Crippen LogP contribution in [-0.2, 0) is 19.4 Å². The van der Waals surface area contributed by atoms with Gasteiger partial charge in [0.2, 0.25) is 6.79 Å². The van der Waals surface area contributed by atoms with E-state index >= 15 is 0 Å². The molecule has 5 heteroatoms. The van der Waals surface area contributed by atoms with E-state index in [1.54, 1.807) is 7.11 Å². The Labute approximate surface area is 182 Å². The second-order valence-corrected chi connectivity index (χ2v) is 8.44. The lowest BCUT2D eigenvalue weighted by molar-refractivity contribution is 0.174. The highest BCUT2D eigenvalue weighted by molar-refractivity contribution is 5.85. The van der Waals surface area contributed by atoms with Crippen molar-refractivity contribution in [1.82, 2.24) is 4.90 Å². The molecule has 0 saturated carbocycles. The van der Waals surface area contributed by atoms with E-state index in [1.807, 2.05) is 18.2 Å². The summed E-state index contributed by atoms with van der Waals surface area (Å²) in [5, 5.41) is 0. The molecule has 0 aromatic heterocycles. The quantitative estimate of drug-likeness (QED) is 0.615. The third-order valence-electron chi connectivity index (χ3n) is 6.69. The maximum absolute atomic E-state index is 6.32. The van der Waals surface area contributed by atoms with E-state index in [1.165, 1.54) is 16.7 Å². The molecule has 2 heterocycles. The van der Waals surface area contributed by atoms with Gasteiger partial charge in [0.25, 0.3) is 0 Å². The van der Waals surface area contributed by atoms with Gasteiger partial charge in [-0.2, -0.15) is 0 Å². The maximum atomic E-state index is 6.32. The third kappa shape index (κ3) is 2.95. The van der Waals surface area contributed by atoms with Gasteiger partial charge in [0.1, 0.15) is 6.61 Å². The first kappa shape index (κ1) is 18.6. The SMILES string of the molecule is COc1c(OCc2ccccc2)cc2c3c1-c1cc4c(cc1CC3N(C)CC2)OCO4. The number of hydrogen-bond donors (Lipinski definition) is 0. The lowest BCUT2D eigenvalue weighted by Gasteiger charge is -2.40. The van der Waals surface area contributed by atoms with E-state index in [9.17, 15) is 0 Å². The number of fused-ring (bicyclic) bond motifs is 3. The van der Waals surface area contributed by atoms with Crippen LogP contribution in [0.1, 0.15) is 28.3 Å². The van der Waals surface area contributed by atoms with Gasteiger partial charge >= 0.3 is 0 Å². The summed E-state index contributed by atoms with van der Waals surface area (Å²) in [4.78, 5) is 2.45. The van der Waals surface area contributed by atoms with Gasteiger partial charge in [-0.3, -0.25) is 4.90 Å². The molecule has 0 bridgehead atoms. The molecule has 0 radical (unpaired) electrons. The van der Waals surface area contributed by atoms with Crippen molar-refractivity contribution >= 4 is 0 Å². The fourth-order valence-corrected chi connectivity index (χ4v) is 5.13. The van der Waals surface area contributed by atoms with Crippen LogP contribution in [0.15, 0.2) is 48.5 Å². The number of rotatable bonds is 4. The van der Waals surface area contributed by atoms with Crippen LogP contribution >= 0.6 is 0 Å². The summed E-state index contributed by atoms with van der Waals surface area (Å²) in [6.07, 6.45) is 1.96. The van der Waals surface area contributed by atoms with Crippen molar-refractivity contribution in [2.45, 2.75) is 25.5 Å². The molecule has 0 spiro atoms. The number of benzene rings is 3. The Hall–Kier alpha value is -3.18. The van der Waals surface area contributed by atoms with E-state index in [0.717, 1.165) is 59.1 Å². The fraction of sp³-hybridized carbons (Fsp3) is 0.308. The second kappa shape index (κ2) is 7.20. The van der Waals surface area contributed by atoms with Crippen molar-refractivity contribution in [2.24, 2.45) is 0 Å². The molecule has 5 nitrogen and oxygen atoms in total. The summed E-state index contributed by atoms with van der Waals surface area (Å²) in [6, 6.07) is 17.0. The highest BCUT2D eigenvalue weighted by atomic mass is 16.7. The molecule has 1 atom stereocenters. The Bertz CT molecular complexity index is 1160. The first-order valence-electron chi connectivity index (χ1n) is 10.8. The number of methoxy groups -OCH3 is 1. The van der Waals surface area contributed by atoms with Crippen molar-refractivity contribution in [3.8, 4) is 34.1 Å². The Morgan fingerprint density at radius 1 is 1.03 bits per heavy atom. The fourth-order valence-electron chi connectivity index (χ4n) is 5.13. The monoisotopic (exact) mass is 415 g/mol. The molecular formula is C26H25NO4. The van der Waals surface area contributed by atoms with Gasteiger partial charge in [-0.1, -0.05) is 30.3 Å². The van der Waals surface area contributed by atoms with Crippen LogP contribution in [0.2, 0.25) is 0 Å². The van der Waals surface area contributed by atoms with Crippen LogP contribution < -0.4 is 18.9 Å². The Morgan fingerprint density at radius 2 is 1.84 bits per heavy atom. The van der Waals surface area contributed by atoms with Crippen molar-refractivity contribution in [3.63, 3.8) is 0 Å². The molecular weight excluding hydrogens is 390 g/mol. The molecule has 0 fully saturated rings. The van der Waals surface area contributed by atoms with Gasteiger partial charge in [-0.05, 0) is 65.9 Å². The Kier molecular flexibility index (Phi) is 4.32. The van der Waals surface area contributed by atoms with Crippen molar-refractivity contribution in [1.29, 1.82) is 0 Å². The maximum Gasteiger partial charge on any atom is 0.231 e. The predicted molar refractivity (Wildman–Crippen MR) is 118 cm³/mol. The van der Waals surface area contributed by atoms with E-state index in [4.69, 9.17) is 18.9 Å². The molecule has 0 amide bonds. The van der Waals surface area contributed by atoms with E-state index in [0.29, 0.717) is 12.6 Å². The largest absolute Gasteiger partial charge is 0.492 e. The summed E-state index contributed by atoms with van der Waals surface area (Å²) in [6.45, 7) is 1.81. The first-order chi connectivity index (χ1) is 15.2. The van der Waals surface area contributed by atoms with Crippen LogP contribution in [-0.4, -0.2) is 32.4 Å². The zero-order chi connectivity index (χ0) is 20.9. The van der Waals surface area contributed by atoms with Crippen molar-refractivity contribution < 1.29 is 18.9 Å². The van der Waals surface area contributed by atoms with Crippen molar-refractivity contribution in [3.05, 3.63) is 70.8 Å². The predicted octanol–water partition coefficient (Wildman–Crippen LogP) is 4.76. The molecule has 158 valence electrons. The highest BCUT2D eigenvalue weighted by Gasteiger charge is 2.37. The van der Waals surface area contributed by atoms with Crippen molar-refractivity contribution in [2.75, 3.05) is 27.5 Å². The molecule has 2 aliphatic heterocycles. The molecule has 6 rings (SSSR count). The van der Waals surface area contributed by atoms with E-state index in [2.05, 4.69) is 42.3 Å². The first-order valence-corrected chi connectivity index (χ1v) is 10.8. The standard InChI is InChI=1S/C26H25NO4/c1-27-9-8-17-11-23(29-14-16-6-4-3-5-7-16)26(28-2)25-19-13-22-21(30-15-31-22)12-18(19)10-20(27)24(17)25/h3-7,11-13,20H,8-10,14-15H2,1-2H3. The van der Waals surface area contributed by atoms with Gasteiger partial charge in [0.05, 0.1) is 7.11 Å². The molecule has 3 aromatic rings. The summed E-state index contributed by atoms with van der Waals surface area (Å²) in [5.41, 5.74) is 7.42. The van der Waals surface area contributed by atoms with Crippen LogP contribution in [0.3, 0.4) is 0 Å². The smallest absolute Gasteiger partial charge is 0.231 e. The molecule has 3 aromatic carbocycles. The molecule has 1 aliphatic carbocycles. The van der Waals surface area contributed by atoms with Gasteiger partial charge in [0.15, 0.2) is 23.0 Å². The normalized spacial score (nSPS) is 18.3. The summed E-state index contributed by atoms with van der Waals surface area (Å²) in [5.74, 6) is 3.23. The zero-order valence-electron chi connectivity index (χ0n) is 17.8. The minimum atomic E-state index is 0.275. The lowest BCUT2D eigenvalue weighted by atomic mass is 9.76. The average Bonchev–Trinajstić information content (AvgIpc) is 3.26. The van der Waals surface area contributed by atoms with Crippen LogP contribution in [0.4, 0.5) is 0 Å². The van der Waals surface area contributed by atoms with E-state index < -0.39 is 0 Å². The van der Waals surface area contributed by atoms with Crippen LogP contribution in [0, 0.1) is 0 Å². The third-order valence-corrected chi connectivity index (χ3v) is 6.69. The molecule has 0 saturated heterocycles. The Morgan fingerprint density at radius 3 is 2.65 bits per heavy atom. The molecule has 1 unspecified atom stereocenters. The Balaban J connectivity index is 1.52. The zero-order valence-corrected chi connectivity index (χ0v) is 17.8. The lowest BCUT2D eigenvalue weighted by Crippen LogP contribution is -2.35. The molecule has 0 N–H and O–H groups in total. The molecule has 31 heavy (non-hydrogen) atoms. The van der Waals surface area contributed by atoms with Gasteiger partial charge in [-0.15, -0.1) is 0 Å². The van der Waals surface area contributed by atoms with Gasteiger partial charge in [0, 0.05) is 18.2 Å². The number of nitrogens with zero attached hydrogens (tertiary/aromatic N) is 1. The van der Waals surface area contributed by atoms with E-state index in [-0.39, 0.29) is 6.79 Å². The minimum absolute atomic E-state index is 0.275. The number of likely N-dealkylation sites (N-methyl/N-ethyl adjacent to an activating group) is 1. The average molecular weight is 415 g/mol. The highest BCUT2D eigenvalue weighted by Crippen LogP contribution is 2.54.